The number of likely N-dealkylation sites (tertiary alicyclic amines) is 1. The molecule has 3 aromatic carbocycles. The predicted octanol–water partition coefficient (Wildman–Crippen LogP) is 0.984. The third-order valence-corrected chi connectivity index (χ3v) is 7.79. The Labute approximate surface area is 289 Å². The molecule has 0 radical (unpaired) electrons. The van der Waals surface area contributed by atoms with Crippen LogP contribution in [0.15, 0.2) is 91.0 Å². The molecule has 264 valence electrons. The molecule has 0 bridgehead atoms. The highest BCUT2D eigenvalue weighted by molar-refractivity contribution is 5.92. The number of para-hydroxylation sites is 1. The van der Waals surface area contributed by atoms with Crippen molar-refractivity contribution in [3.8, 4) is 0 Å². The second-order valence-electron chi connectivity index (χ2n) is 11.7. The number of urea groups is 1. The van der Waals surface area contributed by atoms with Crippen molar-refractivity contribution in [3.63, 3.8) is 0 Å². The fourth-order valence-electron chi connectivity index (χ4n) is 5.14. The molecule has 50 heavy (non-hydrogen) atoms. The van der Waals surface area contributed by atoms with Crippen molar-refractivity contribution < 1.29 is 38.6 Å². The van der Waals surface area contributed by atoms with Gasteiger partial charge >= 0.3 is 12.1 Å². The van der Waals surface area contributed by atoms with Gasteiger partial charge in [0.2, 0.25) is 17.7 Å². The lowest BCUT2D eigenvalue weighted by molar-refractivity contribution is -0.135. The van der Waals surface area contributed by atoms with E-state index in [4.69, 9.17) is 4.74 Å². The zero-order chi connectivity index (χ0) is 36.0. The number of nitrogens with one attached hydrogen (secondary N) is 5. The van der Waals surface area contributed by atoms with Gasteiger partial charge in [0, 0.05) is 32.9 Å². The number of hydrogen-bond donors (Lipinski definition) is 6. The van der Waals surface area contributed by atoms with E-state index in [1.165, 1.54) is 9.80 Å². The average molecular weight is 688 g/mol. The largest absolute Gasteiger partial charge is 0.445 e. The standard InChI is InChI=1S/C35H41N7O8/c1-41(2)33(47)30(24-14-8-4-9-15-24)40-29(44)19-37-32(46)28(43)18-36-31(45)26-20-42(35(49)50-22-23-12-6-3-7-13-23)21-27(26)39-34(48)38-25-16-10-5-11-17-25/h3-17,26-28,30,43H,18-22H2,1-2H3,(H,36,45)(H,37,46)(H,40,44)(H2,38,39,48). The molecule has 0 saturated carbocycles. The van der Waals surface area contributed by atoms with E-state index in [0.717, 1.165) is 5.56 Å². The molecule has 7 amide bonds. The molecule has 1 fully saturated rings. The van der Waals surface area contributed by atoms with E-state index in [-0.39, 0.29) is 25.6 Å². The third-order valence-electron chi connectivity index (χ3n) is 7.79. The molecule has 15 nitrogen and oxygen atoms in total. The number of likely N-dealkylation sites (N-methyl/N-ethyl adjacent to an activating group) is 1. The number of aliphatic hydroxyl groups is 1. The van der Waals surface area contributed by atoms with Crippen LogP contribution in [0.1, 0.15) is 17.2 Å². The first kappa shape index (κ1) is 36.9. The van der Waals surface area contributed by atoms with Crippen LogP contribution in [0.25, 0.3) is 0 Å². The summed E-state index contributed by atoms with van der Waals surface area (Å²) in [5.41, 5.74) is 1.84. The van der Waals surface area contributed by atoms with Crippen LogP contribution in [0.2, 0.25) is 0 Å². The predicted molar refractivity (Wildman–Crippen MR) is 182 cm³/mol. The van der Waals surface area contributed by atoms with E-state index in [0.29, 0.717) is 11.3 Å². The lowest BCUT2D eigenvalue weighted by Gasteiger charge is -2.22. The van der Waals surface area contributed by atoms with Gasteiger partial charge in [-0.3, -0.25) is 19.2 Å². The fraction of sp³-hybridized carbons (Fsp3) is 0.314. The molecule has 0 spiro atoms. The summed E-state index contributed by atoms with van der Waals surface area (Å²) in [5, 5.41) is 23.2. The maximum atomic E-state index is 13.3. The second kappa shape index (κ2) is 18.0. The third kappa shape index (κ3) is 10.8. The van der Waals surface area contributed by atoms with Gasteiger partial charge in [0.05, 0.1) is 25.0 Å². The summed E-state index contributed by atoms with van der Waals surface area (Å²) in [4.78, 5) is 79.5. The Hall–Kier alpha value is -5.96. The Morgan fingerprint density at radius 1 is 0.860 bits per heavy atom. The fourth-order valence-corrected chi connectivity index (χ4v) is 5.14. The monoisotopic (exact) mass is 687 g/mol. The van der Waals surface area contributed by atoms with E-state index in [2.05, 4.69) is 26.6 Å². The highest BCUT2D eigenvalue weighted by atomic mass is 16.6. The molecule has 4 rings (SSSR count). The van der Waals surface area contributed by atoms with Crippen molar-refractivity contribution in [3.05, 3.63) is 102 Å². The number of aliphatic hydroxyl groups excluding tert-OH is 1. The van der Waals surface area contributed by atoms with Crippen LogP contribution >= 0.6 is 0 Å². The highest BCUT2D eigenvalue weighted by Crippen LogP contribution is 2.20. The van der Waals surface area contributed by atoms with Gasteiger partial charge in [0.25, 0.3) is 5.91 Å². The highest BCUT2D eigenvalue weighted by Gasteiger charge is 2.41. The number of benzene rings is 3. The van der Waals surface area contributed by atoms with Crippen LogP contribution in [0, 0.1) is 5.92 Å². The lowest BCUT2D eigenvalue weighted by Crippen LogP contribution is -2.50. The van der Waals surface area contributed by atoms with Gasteiger partial charge in [-0.25, -0.2) is 9.59 Å². The van der Waals surface area contributed by atoms with Crippen molar-refractivity contribution in [1.29, 1.82) is 0 Å². The van der Waals surface area contributed by atoms with Crippen molar-refractivity contribution in [2.75, 3.05) is 45.6 Å². The molecule has 4 unspecified atom stereocenters. The van der Waals surface area contributed by atoms with Gasteiger partial charge in [0.1, 0.15) is 18.8 Å². The molecule has 1 aliphatic heterocycles. The minimum atomic E-state index is -1.73. The summed E-state index contributed by atoms with van der Waals surface area (Å²) in [7, 11) is 3.10. The lowest BCUT2D eigenvalue weighted by atomic mass is 10.0. The van der Waals surface area contributed by atoms with Crippen LogP contribution in [0.5, 0.6) is 0 Å². The molecular weight excluding hydrogens is 646 g/mol. The first-order valence-corrected chi connectivity index (χ1v) is 15.9. The zero-order valence-electron chi connectivity index (χ0n) is 27.7. The number of nitrogens with zero attached hydrogens (tertiary/aromatic N) is 2. The second-order valence-corrected chi connectivity index (χ2v) is 11.7. The van der Waals surface area contributed by atoms with Crippen LogP contribution in [-0.2, 0) is 30.5 Å². The van der Waals surface area contributed by atoms with Crippen LogP contribution in [0.4, 0.5) is 15.3 Å². The van der Waals surface area contributed by atoms with Crippen LogP contribution < -0.4 is 26.6 Å². The van der Waals surface area contributed by atoms with Crippen molar-refractivity contribution in [1.82, 2.24) is 31.1 Å². The molecule has 0 aromatic heterocycles. The molecular formula is C35H41N7O8. The normalized spacial score (nSPS) is 16.3. The summed E-state index contributed by atoms with van der Waals surface area (Å²) >= 11 is 0. The number of rotatable bonds is 13. The number of amides is 7. The summed E-state index contributed by atoms with van der Waals surface area (Å²) in [5.74, 6) is -3.58. The Bertz CT molecular complexity index is 1630. The molecule has 1 aliphatic rings. The maximum Gasteiger partial charge on any atom is 0.410 e. The van der Waals surface area contributed by atoms with Gasteiger partial charge < -0.3 is 46.2 Å². The number of carbonyl (C=O) groups excluding carboxylic acids is 6. The van der Waals surface area contributed by atoms with Gasteiger partial charge in [0.15, 0.2) is 0 Å². The molecule has 1 saturated heterocycles. The SMILES string of the molecule is CN(C)C(=O)C(NC(=O)CNC(=O)C(O)CNC(=O)C1CN(C(=O)OCc2ccccc2)CC1NC(=O)Nc1ccccc1)c1ccccc1. The average Bonchev–Trinajstić information content (AvgIpc) is 3.55. The molecule has 0 aliphatic carbocycles. The maximum absolute atomic E-state index is 13.3. The molecule has 3 aromatic rings. The Kier molecular flexibility index (Phi) is 13.3. The molecule has 4 atom stereocenters. The summed E-state index contributed by atoms with van der Waals surface area (Å²) < 4.78 is 5.42. The first-order valence-electron chi connectivity index (χ1n) is 15.9. The van der Waals surface area contributed by atoms with E-state index in [1.54, 1.807) is 86.9 Å². The van der Waals surface area contributed by atoms with E-state index in [1.807, 2.05) is 18.2 Å². The quantitative estimate of drug-likeness (QED) is 0.153. The zero-order valence-corrected chi connectivity index (χ0v) is 27.7. The van der Waals surface area contributed by atoms with Gasteiger partial charge in [-0.2, -0.15) is 0 Å². The number of ether oxygens (including phenoxy) is 1. The topological polar surface area (TPSA) is 199 Å². The molecule has 15 heteroatoms. The van der Waals surface area contributed by atoms with Crippen molar-refractivity contribution in [2.45, 2.75) is 24.8 Å². The van der Waals surface area contributed by atoms with Crippen molar-refractivity contribution in [2.24, 2.45) is 5.92 Å². The number of anilines is 1. The van der Waals surface area contributed by atoms with Crippen LogP contribution in [-0.4, -0.2) is 103 Å². The smallest absolute Gasteiger partial charge is 0.410 e. The summed E-state index contributed by atoms with van der Waals surface area (Å²) in [6, 6.07) is 23.9. The minimum Gasteiger partial charge on any atom is -0.445 e. The van der Waals surface area contributed by atoms with Crippen molar-refractivity contribution >= 4 is 41.4 Å². The minimum absolute atomic E-state index is 0.0117. The van der Waals surface area contributed by atoms with Gasteiger partial charge in [-0.15, -0.1) is 0 Å². The van der Waals surface area contributed by atoms with Crippen LogP contribution in [0.3, 0.4) is 0 Å². The number of hydrogen-bond acceptors (Lipinski definition) is 8. The Morgan fingerprint density at radius 2 is 1.48 bits per heavy atom. The van der Waals surface area contributed by atoms with E-state index in [9.17, 15) is 33.9 Å². The van der Waals surface area contributed by atoms with Gasteiger partial charge in [-0.1, -0.05) is 78.9 Å². The summed E-state index contributed by atoms with van der Waals surface area (Å²) in [6.45, 7) is -1.19. The molecule has 1 heterocycles. The van der Waals surface area contributed by atoms with Gasteiger partial charge in [-0.05, 0) is 23.3 Å². The van der Waals surface area contributed by atoms with E-state index >= 15 is 0 Å². The summed E-state index contributed by atoms with van der Waals surface area (Å²) in [6.07, 6.45) is -2.42. The molecule has 6 N–H and O–H groups in total. The number of carbonyl (C=O) groups is 6. The van der Waals surface area contributed by atoms with E-state index < -0.39 is 67.0 Å². The first-order chi connectivity index (χ1) is 24.0. The Morgan fingerprint density at radius 3 is 2.12 bits per heavy atom. The Balaban J connectivity index is 1.31.